The van der Waals surface area contributed by atoms with Crippen LogP contribution in [0.15, 0.2) is 84.9 Å². The number of benzene rings is 3. The first-order chi connectivity index (χ1) is 19.7. The summed E-state index contributed by atoms with van der Waals surface area (Å²) in [4.78, 5) is 26.2. The maximum absolute atomic E-state index is 13.8. The number of para-hydroxylation sites is 1. The number of ether oxygens (including phenoxy) is 2. The highest BCUT2D eigenvalue weighted by Gasteiger charge is 2.33. The number of hydrogen-bond acceptors (Lipinski definition) is 6. The third-order valence-electron chi connectivity index (χ3n) is 6.30. The van der Waals surface area contributed by atoms with Gasteiger partial charge in [-0.2, -0.15) is 0 Å². The predicted molar refractivity (Wildman–Crippen MR) is 161 cm³/mol. The van der Waals surface area contributed by atoms with Crippen molar-refractivity contribution in [1.82, 2.24) is 10.4 Å². The van der Waals surface area contributed by atoms with E-state index in [2.05, 4.69) is 10.4 Å². The lowest BCUT2D eigenvalue weighted by Gasteiger charge is -2.28. The number of rotatable bonds is 16. The number of nitrogens with one attached hydrogen (secondary N) is 2. The van der Waals surface area contributed by atoms with Crippen LogP contribution in [0.3, 0.4) is 0 Å². The zero-order chi connectivity index (χ0) is 29.7. The molecule has 41 heavy (non-hydrogen) atoms. The minimum Gasteiger partial charge on any atom is -0.489 e. The summed E-state index contributed by atoms with van der Waals surface area (Å²) in [5.41, 5.74) is 1.89. The van der Waals surface area contributed by atoms with Gasteiger partial charge in [-0.1, -0.05) is 81.4 Å². The quantitative estimate of drug-likeness (QED) is 0.155. The molecule has 0 bridgehead atoms. The Morgan fingerprint density at radius 1 is 0.829 bits per heavy atom. The smallest absolute Gasteiger partial charge is 0.328 e. The maximum atomic E-state index is 13.8. The molecule has 0 saturated heterocycles. The molecule has 0 aliphatic carbocycles. The van der Waals surface area contributed by atoms with Crippen LogP contribution in [0.2, 0.25) is 0 Å². The van der Waals surface area contributed by atoms with E-state index in [1.54, 1.807) is 24.3 Å². The second-order valence-electron chi connectivity index (χ2n) is 10.3. The summed E-state index contributed by atoms with van der Waals surface area (Å²) in [6.45, 7) is 6.31. The summed E-state index contributed by atoms with van der Waals surface area (Å²) in [6, 6.07) is 24.4. The standard InChI is InChI=1S/C32H41N2O6P/c1-5-20-41(37,40-28-14-10-7-11-15-28)34-29(21-24(2)3)31(35)33-30(32(36)38-4)22-25-16-18-27(19-17-25)39-23-26-12-8-6-9-13-26/h6-19,24,29-30H,5,20-23H2,1-4H3,(H,33,35)(H,34,37)/t29-,30-,41?/m0/s1. The van der Waals surface area contributed by atoms with E-state index in [1.807, 2.05) is 81.4 Å². The van der Waals surface area contributed by atoms with Gasteiger partial charge in [0.1, 0.15) is 24.1 Å². The molecule has 1 amide bonds. The zero-order valence-corrected chi connectivity index (χ0v) is 25.1. The molecule has 2 N–H and O–H groups in total. The maximum Gasteiger partial charge on any atom is 0.328 e. The van der Waals surface area contributed by atoms with Gasteiger partial charge in [0, 0.05) is 12.6 Å². The first kappa shape index (κ1) is 31.9. The molecule has 3 rings (SSSR count). The molecule has 0 spiro atoms. The summed E-state index contributed by atoms with van der Waals surface area (Å²) < 4.78 is 30.6. The van der Waals surface area contributed by atoms with E-state index in [0.717, 1.165) is 11.1 Å². The lowest BCUT2D eigenvalue weighted by Crippen LogP contribution is -2.51. The van der Waals surface area contributed by atoms with Crippen molar-refractivity contribution in [3.63, 3.8) is 0 Å². The molecule has 0 radical (unpaired) electrons. The van der Waals surface area contributed by atoms with Crippen molar-refractivity contribution >= 4 is 19.4 Å². The molecule has 8 nitrogen and oxygen atoms in total. The SMILES string of the molecule is CCCP(=O)(N[C@@H](CC(C)C)C(=O)N[C@@H](Cc1ccc(OCc2ccccc2)cc1)C(=O)OC)Oc1ccccc1. The highest BCUT2D eigenvalue weighted by molar-refractivity contribution is 7.57. The minimum atomic E-state index is -3.42. The van der Waals surface area contributed by atoms with Crippen LogP contribution in [0.5, 0.6) is 11.5 Å². The second-order valence-corrected chi connectivity index (χ2v) is 12.6. The van der Waals surface area contributed by atoms with Gasteiger partial charge in [0.05, 0.1) is 13.2 Å². The molecule has 0 aliphatic heterocycles. The summed E-state index contributed by atoms with van der Waals surface area (Å²) in [6.07, 6.45) is 1.48. The van der Waals surface area contributed by atoms with Crippen molar-refractivity contribution in [3.05, 3.63) is 96.1 Å². The molecular weight excluding hydrogens is 539 g/mol. The van der Waals surface area contributed by atoms with E-state index in [0.29, 0.717) is 30.9 Å². The fourth-order valence-corrected chi connectivity index (χ4v) is 6.34. The number of amides is 1. The molecule has 0 aromatic heterocycles. The lowest BCUT2D eigenvalue weighted by atomic mass is 10.0. The summed E-state index contributed by atoms with van der Waals surface area (Å²) in [5.74, 6) is 0.268. The average molecular weight is 581 g/mol. The number of methoxy groups -OCH3 is 1. The average Bonchev–Trinajstić information content (AvgIpc) is 2.96. The first-order valence-corrected chi connectivity index (χ1v) is 15.8. The molecular formula is C32H41N2O6P. The molecule has 1 unspecified atom stereocenters. The summed E-state index contributed by atoms with van der Waals surface area (Å²) in [5, 5.41) is 5.85. The Morgan fingerprint density at radius 2 is 1.46 bits per heavy atom. The Morgan fingerprint density at radius 3 is 2.05 bits per heavy atom. The van der Waals surface area contributed by atoms with Crippen LogP contribution in [-0.4, -0.2) is 37.2 Å². The Bertz CT molecular complexity index is 1270. The van der Waals surface area contributed by atoms with Crippen LogP contribution < -0.4 is 19.7 Å². The van der Waals surface area contributed by atoms with Crippen molar-refractivity contribution in [2.45, 2.75) is 58.7 Å². The Balaban J connectivity index is 1.70. The highest BCUT2D eigenvalue weighted by Crippen LogP contribution is 2.44. The Hall–Kier alpha value is -3.61. The van der Waals surface area contributed by atoms with Crippen molar-refractivity contribution in [2.24, 2.45) is 5.92 Å². The van der Waals surface area contributed by atoms with Crippen molar-refractivity contribution in [2.75, 3.05) is 13.3 Å². The van der Waals surface area contributed by atoms with Crippen molar-refractivity contribution < 1.29 is 28.2 Å². The molecule has 3 aromatic carbocycles. The molecule has 3 atom stereocenters. The molecule has 0 fully saturated rings. The van der Waals surface area contributed by atoms with Gasteiger partial charge in [0.25, 0.3) is 0 Å². The fourth-order valence-electron chi connectivity index (χ4n) is 4.32. The Labute approximate surface area is 243 Å². The van der Waals surface area contributed by atoms with Crippen LogP contribution in [0.1, 0.15) is 44.7 Å². The molecule has 220 valence electrons. The summed E-state index contributed by atoms with van der Waals surface area (Å²) in [7, 11) is -2.14. The molecule has 0 saturated carbocycles. The first-order valence-electron chi connectivity index (χ1n) is 14.0. The van der Waals surface area contributed by atoms with Gasteiger partial charge >= 0.3 is 13.5 Å². The fraction of sp³-hybridized carbons (Fsp3) is 0.375. The summed E-state index contributed by atoms with van der Waals surface area (Å²) >= 11 is 0. The number of hydrogen-bond donors (Lipinski definition) is 2. The van der Waals surface area contributed by atoms with E-state index in [9.17, 15) is 14.2 Å². The van der Waals surface area contributed by atoms with Gasteiger partial charge in [-0.25, -0.2) is 9.88 Å². The number of esters is 1. The van der Waals surface area contributed by atoms with E-state index in [1.165, 1.54) is 7.11 Å². The van der Waals surface area contributed by atoms with Gasteiger partial charge in [0.15, 0.2) is 0 Å². The topological polar surface area (TPSA) is 103 Å². The molecule has 0 aliphatic rings. The second kappa shape index (κ2) is 16.0. The zero-order valence-electron chi connectivity index (χ0n) is 24.2. The Kier molecular flexibility index (Phi) is 12.4. The van der Waals surface area contributed by atoms with Gasteiger partial charge < -0.3 is 19.3 Å². The van der Waals surface area contributed by atoms with E-state index in [-0.39, 0.29) is 18.5 Å². The van der Waals surface area contributed by atoms with E-state index >= 15 is 0 Å². The highest BCUT2D eigenvalue weighted by atomic mass is 31.2. The molecule has 9 heteroatoms. The van der Waals surface area contributed by atoms with Gasteiger partial charge in [-0.3, -0.25) is 9.36 Å². The lowest BCUT2D eigenvalue weighted by molar-refractivity contribution is -0.145. The van der Waals surface area contributed by atoms with E-state index in [4.69, 9.17) is 14.0 Å². The normalized spacial score (nSPS) is 14.0. The third-order valence-corrected chi connectivity index (χ3v) is 8.55. The van der Waals surface area contributed by atoms with Crippen LogP contribution in [0.4, 0.5) is 0 Å². The molecule has 3 aromatic rings. The van der Waals surface area contributed by atoms with Crippen molar-refractivity contribution in [3.8, 4) is 11.5 Å². The monoisotopic (exact) mass is 580 g/mol. The van der Waals surface area contributed by atoms with Crippen molar-refractivity contribution in [1.29, 1.82) is 0 Å². The van der Waals surface area contributed by atoms with E-state index < -0.39 is 31.5 Å². The van der Waals surface area contributed by atoms with Gasteiger partial charge in [-0.15, -0.1) is 0 Å². The van der Waals surface area contributed by atoms with Crippen LogP contribution in [-0.2, 0) is 31.9 Å². The van der Waals surface area contributed by atoms with Crippen LogP contribution >= 0.6 is 7.52 Å². The number of carbonyl (C=O) groups excluding carboxylic acids is 2. The third kappa shape index (κ3) is 10.7. The predicted octanol–water partition coefficient (Wildman–Crippen LogP) is 6.15. The van der Waals surface area contributed by atoms with Crippen LogP contribution in [0, 0.1) is 5.92 Å². The van der Waals surface area contributed by atoms with Gasteiger partial charge in [-0.05, 0) is 54.2 Å². The van der Waals surface area contributed by atoms with Gasteiger partial charge in [0.2, 0.25) is 5.91 Å². The van der Waals surface area contributed by atoms with Crippen LogP contribution in [0.25, 0.3) is 0 Å². The number of carbonyl (C=O) groups is 2. The minimum absolute atomic E-state index is 0.116. The largest absolute Gasteiger partial charge is 0.489 e. The molecule has 0 heterocycles.